The van der Waals surface area contributed by atoms with Crippen molar-refractivity contribution in [2.75, 3.05) is 12.8 Å². The molecule has 108 valence electrons. The number of hydrogen-bond donors (Lipinski definition) is 3. The fourth-order valence-corrected chi connectivity index (χ4v) is 2.83. The van der Waals surface area contributed by atoms with Crippen LogP contribution in [0.1, 0.15) is 19.4 Å². The third-order valence-electron chi connectivity index (χ3n) is 2.41. The minimum atomic E-state index is -3.29. The van der Waals surface area contributed by atoms with Crippen molar-refractivity contribution in [1.29, 1.82) is 0 Å². The number of phenols is 1. The van der Waals surface area contributed by atoms with Gasteiger partial charge in [0, 0.05) is 24.2 Å². The maximum absolute atomic E-state index is 13.1. The van der Waals surface area contributed by atoms with Crippen molar-refractivity contribution in [3.05, 3.63) is 29.6 Å². The van der Waals surface area contributed by atoms with Crippen molar-refractivity contribution < 1.29 is 17.9 Å². The number of rotatable bonds is 6. The Balaban J connectivity index is 2.57. The van der Waals surface area contributed by atoms with E-state index in [0.29, 0.717) is 12.1 Å². The molecule has 0 aromatic heterocycles. The summed E-state index contributed by atoms with van der Waals surface area (Å²) in [5.41, 5.74) is -0.244. The molecule has 0 atom stereocenters. The van der Waals surface area contributed by atoms with E-state index in [-0.39, 0.29) is 12.3 Å². The lowest BCUT2D eigenvalue weighted by Gasteiger charge is -2.25. The number of aromatic hydroxyl groups is 1. The Bertz CT molecular complexity index is 544. The Kier molecular flexibility index (Phi) is 4.89. The molecule has 0 saturated carbocycles. The van der Waals surface area contributed by atoms with Crippen LogP contribution in [-0.4, -0.2) is 31.9 Å². The number of sulfonamides is 1. The van der Waals surface area contributed by atoms with Crippen LogP contribution in [0.25, 0.3) is 0 Å². The maximum Gasteiger partial charge on any atom is 0.209 e. The van der Waals surface area contributed by atoms with Gasteiger partial charge in [0.1, 0.15) is 0 Å². The number of phenolic OH excluding ortho intramolecular Hbond substituents is 1. The monoisotopic (exact) mass is 290 g/mol. The zero-order valence-corrected chi connectivity index (χ0v) is 12.0. The van der Waals surface area contributed by atoms with Crippen molar-refractivity contribution in [3.63, 3.8) is 0 Å². The van der Waals surface area contributed by atoms with Gasteiger partial charge in [0.05, 0.1) is 6.26 Å². The Hall–Kier alpha value is -1.18. The van der Waals surface area contributed by atoms with Gasteiger partial charge in [-0.3, -0.25) is 0 Å². The summed E-state index contributed by atoms with van der Waals surface area (Å²) in [6.45, 7) is 4.05. The second kappa shape index (κ2) is 5.85. The average molecular weight is 290 g/mol. The van der Waals surface area contributed by atoms with E-state index in [1.807, 2.05) is 0 Å². The molecule has 3 N–H and O–H groups in total. The second-order valence-electron chi connectivity index (χ2n) is 5.11. The highest BCUT2D eigenvalue weighted by molar-refractivity contribution is 7.88. The van der Waals surface area contributed by atoms with Crippen molar-refractivity contribution >= 4 is 10.0 Å². The SMILES string of the molecule is CC(C)(CNCc1cccc(F)c1O)NS(C)(=O)=O. The van der Waals surface area contributed by atoms with Gasteiger partial charge < -0.3 is 10.4 Å². The quantitative estimate of drug-likeness (QED) is 0.729. The topological polar surface area (TPSA) is 78.4 Å². The highest BCUT2D eigenvalue weighted by atomic mass is 32.2. The Morgan fingerprint density at radius 2 is 2.00 bits per heavy atom. The first kappa shape index (κ1) is 15.9. The van der Waals surface area contributed by atoms with Crippen LogP contribution < -0.4 is 10.0 Å². The fraction of sp³-hybridized carbons (Fsp3) is 0.500. The summed E-state index contributed by atoms with van der Waals surface area (Å²) < 4.78 is 37.9. The van der Waals surface area contributed by atoms with Crippen LogP contribution in [0.2, 0.25) is 0 Å². The predicted octanol–water partition coefficient (Wildman–Crippen LogP) is 0.949. The van der Waals surface area contributed by atoms with Crippen molar-refractivity contribution in [3.8, 4) is 5.75 Å². The van der Waals surface area contributed by atoms with E-state index >= 15 is 0 Å². The normalized spacial score (nSPS) is 12.6. The lowest BCUT2D eigenvalue weighted by Crippen LogP contribution is -2.49. The summed E-state index contributed by atoms with van der Waals surface area (Å²) in [7, 11) is -3.29. The van der Waals surface area contributed by atoms with Gasteiger partial charge >= 0.3 is 0 Å². The van der Waals surface area contributed by atoms with Gasteiger partial charge in [-0.25, -0.2) is 17.5 Å². The molecule has 0 unspecified atom stereocenters. The first-order chi connectivity index (χ1) is 8.61. The molecule has 0 saturated heterocycles. The minimum absolute atomic E-state index is 0.248. The van der Waals surface area contributed by atoms with Crippen LogP contribution in [-0.2, 0) is 16.6 Å². The summed E-state index contributed by atoms with van der Waals surface area (Å²) in [5, 5.41) is 12.5. The van der Waals surface area contributed by atoms with E-state index in [9.17, 15) is 17.9 Å². The number of hydrogen-bond acceptors (Lipinski definition) is 4. The standard InChI is InChI=1S/C12H19FN2O3S/c1-12(2,15-19(3,17)18)8-14-7-9-5-4-6-10(13)11(9)16/h4-6,14-16H,7-8H2,1-3H3. The molecule has 0 fully saturated rings. The van der Waals surface area contributed by atoms with Crippen molar-refractivity contribution in [1.82, 2.24) is 10.0 Å². The molecule has 0 radical (unpaired) electrons. The molecule has 0 aliphatic rings. The van der Waals surface area contributed by atoms with E-state index in [1.165, 1.54) is 12.1 Å². The number of benzene rings is 1. The average Bonchev–Trinajstić information content (AvgIpc) is 2.20. The molecule has 1 aromatic carbocycles. The number of para-hydroxylation sites is 1. The van der Waals surface area contributed by atoms with Crippen LogP contribution in [0.15, 0.2) is 18.2 Å². The van der Waals surface area contributed by atoms with Gasteiger partial charge in [-0.2, -0.15) is 0 Å². The molecule has 0 spiro atoms. The van der Waals surface area contributed by atoms with E-state index in [0.717, 1.165) is 6.26 Å². The second-order valence-corrected chi connectivity index (χ2v) is 6.86. The van der Waals surface area contributed by atoms with Gasteiger partial charge in [-0.15, -0.1) is 0 Å². The zero-order chi connectivity index (χ0) is 14.7. The van der Waals surface area contributed by atoms with E-state index in [1.54, 1.807) is 19.9 Å². The highest BCUT2D eigenvalue weighted by Crippen LogP contribution is 2.20. The Labute approximate surface area is 112 Å². The van der Waals surface area contributed by atoms with Gasteiger partial charge in [-0.05, 0) is 19.9 Å². The molecular weight excluding hydrogens is 271 g/mol. The third-order valence-corrected chi connectivity index (χ3v) is 3.34. The molecule has 7 heteroatoms. The van der Waals surface area contributed by atoms with Crippen molar-refractivity contribution in [2.45, 2.75) is 25.9 Å². The van der Waals surface area contributed by atoms with E-state index in [2.05, 4.69) is 10.0 Å². The lowest BCUT2D eigenvalue weighted by molar-refractivity contribution is 0.405. The van der Waals surface area contributed by atoms with Crippen molar-refractivity contribution in [2.24, 2.45) is 0 Å². The molecule has 0 heterocycles. The smallest absolute Gasteiger partial charge is 0.209 e. The first-order valence-corrected chi connectivity index (χ1v) is 7.66. The molecule has 0 aliphatic carbocycles. The predicted molar refractivity (Wildman–Crippen MR) is 71.8 cm³/mol. The molecule has 0 amide bonds. The lowest BCUT2D eigenvalue weighted by atomic mass is 10.1. The summed E-state index contributed by atoms with van der Waals surface area (Å²) in [5.74, 6) is -1.06. The van der Waals surface area contributed by atoms with Crippen LogP contribution in [0, 0.1) is 5.82 Å². The largest absolute Gasteiger partial charge is 0.505 e. The Morgan fingerprint density at radius 1 is 1.37 bits per heavy atom. The van der Waals surface area contributed by atoms with Crippen LogP contribution in [0.4, 0.5) is 4.39 Å². The number of halogens is 1. The fourth-order valence-electron chi connectivity index (χ4n) is 1.75. The zero-order valence-electron chi connectivity index (χ0n) is 11.2. The summed E-state index contributed by atoms with van der Waals surface area (Å²) in [6.07, 6.45) is 1.09. The summed E-state index contributed by atoms with van der Waals surface area (Å²) in [4.78, 5) is 0. The molecule has 5 nitrogen and oxygen atoms in total. The number of nitrogens with one attached hydrogen (secondary N) is 2. The summed E-state index contributed by atoms with van der Waals surface area (Å²) >= 11 is 0. The van der Waals surface area contributed by atoms with Gasteiger partial charge in [0.2, 0.25) is 10.0 Å². The molecular formula is C12H19FN2O3S. The van der Waals surface area contributed by atoms with Crippen LogP contribution in [0.5, 0.6) is 5.75 Å². The van der Waals surface area contributed by atoms with Gasteiger partial charge in [-0.1, -0.05) is 12.1 Å². The molecule has 1 aromatic rings. The van der Waals surface area contributed by atoms with Gasteiger partial charge in [0.15, 0.2) is 11.6 Å². The van der Waals surface area contributed by atoms with Crippen LogP contribution >= 0.6 is 0 Å². The third kappa shape index (κ3) is 5.54. The minimum Gasteiger partial charge on any atom is -0.505 e. The highest BCUT2D eigenvalue weighted by Gasteiger charge is 2.21. The van der Waals surface area contributed by atoms with Gasteiger partial charge in [0.25, 0.3) is 0 Å². The molecule has 19 heavy (non-hydrogen) atoms. The molecule has 0 bridgehead atoms. The van der Waals surface area contributed by atoms with E-state index < -0.39 is 21.4 Å². The first-order valence-electron chi connectivity index (χ1n) is 5.77. The Morgan fingerprint density at radius 3 is 2.58 bits per heavy atom. The van der Waals surface area contributed by atoms with Crippen LogP contribution in [0.3, 0.4) is 0 Å². The molecule has 0 aliphatic heterocycles. The summed E-state index contributed by atoms with van der Waals surface area (Å²) in [6, 6.07) is 4.28. The molecule has 1 rings (SSSR count). The maximum atomic E-state index is 13.1. The van der Waals surface area contributed by atoms with E-state index in [4.69, 9.17) is 0 Å².